The lowest BCUT2D eigenvalue weighted by atomic mass is 9.94. The fourth-order valence-corrected chi connectivity index (χ4v) is 3.87. The Bertz CT molecular complexity index is 827. The number of amides is 1. The van der Waals surface area contributed by atoms with Gasteiger partial charge >= 0.3 is 0 Å². The summed E-state index contributed by atoms with van der Waals surface area (Å²) in [6, 6.07) is 6.94. The van der Waals surface area contributed by atoms with Gasteiger partial charge in [0.05, 0.1) is 17.6 Å². The predicted octanol–water partition coefficient (Wildman–Crippen LogP) is 4.37. The molecule has 2 atom stereocenters. The first-order chi connectivity index (χ1) is 13.9. The number of imidazole rings is 1. The van der Waals surface area contributed by atoms with Crippen molar-refractivity contribution in [2.75, 3.05) is 0 Å². The zero-order valence-corrected chi connectivity index (χ0v) is 18.5. The highest BCUT2D eigenvalue weighted by Gasteiger charge is 2.37. The van der Waals surface area contributed by atoms with E-state index in [0.717, 1.165) is 36.7 Å². The number of fused-ring (bicyclic) bond motifs is 1. The number of unbranched alkanes of at least 4 members (excludes halogenated alkanes) is 2. The quantitative estimate of drug-likeness (QED) is 0.601. The van der Waals surface area contributed by atoms with Crippen molar-refractivity contribution in [3.8, 4) is 0 Å². The molecule has 6 nitrogen and oxygen atoms in total. The highest BCUT2D eigenvalue weighted by Crippen LogP contribution is 2.25. The molecule has 0 aliphatic rings. The summed E-state index contributed by atoms with van der Waals surface area (Å²) in [4.78, 5) is 33.3. The Balaban J connectivity index is 2.51. The number of nitrogens with zero attached hydrogens (tertiary/aromatic N) is 3. The lowest BCUT2D eigenvalue weighted by Crippen LogP contribution is -2.53. The van der Waals surface area contributed by atoms with Gasteiger partial charge in [-0.25, -0.2) is 4.98 Å². The number of aromatic nitrogens is 2. The third-order valence-corrected chi connectivity index (χ3v) is 5.61. The molecular formula is C23H36N4O2. The first-order valence-electron chi connectivity index (χ1n) is 10.9. The van der Waals surface area contributed by atoms with Gasteiger partial charge in [-0.05, 0) is 38.3 Å². The summed E-state index contributed by atoms with van der Waals surface area (Å²) in [6.07, 6.45) is 4.20. The number of benzene rings is 1. The van der Waals surface area contributed by atoms with Crippen molar-refractivity contribution in [1.29, 1.82) is 0 Å². The molecule has 1 aromatic heterocycles. The van der Waals surface area contributed by atoms with Crippen LogP contribution in [-0.2, 0) is 11.3 Å². The van der Waals surface area contributed by atoms with E-state index in [-0.39, 0.29) is 30.3 Å². The summed E-state index contributed by atoms with van der Waals surface area (Å²) < 4.78 is 1.63. The van der Waals surface area contributed by atoms with Gasteiger partial charge in [0.25, 0.3) is 5.91 Å². The van der Waals surface area contributed by atoms with Gasteiger partial charge in [0.1, 0.15) is 11.9 Å². The van der Waals surface area contributed by atoms with Crippen LogP contribution < -0.4 is 5.73 Å². The molecule has 2 rings (SSSR count). The molecule has 0 saturated carbocycles. The summed E-state index contributed by atoms with van der Waals surface area (Å²) in [6.45, 7) is 10.3. The van der Waals surface area contributed by atoms with Gasteiger partial charge in [-0.3, -0.25) is 14.2 Å². The molecule has 1 aromatic carbocycles. The second-order valence-electron chi connectivity index (χ2n) is 8.08. The van der Waals surface area contributed by atoms with Crippen LogP contribution in [0.15, 0.2) is 24.3 Å². The van der Waals surface area contributed by atoms with Crippen LogP contribution in [0.25, 0.3) is 11.0 Å². The van der Waals surface area contributed by atoms with E-state index < -0.39 is 6.04 Å². The first kappa shape index (κ1) is 23.1. The largest absolute Gasteiger partial charge is 0.328 e. The number of nitrogens with two attached hydrogens (primary N) is 1. The number of hydrogen-bond donors (Lipinski definition) is 1. The maximum atomic E-state index is 13.9. The second kappa shape index (κ2) is 10.5. The molecule has 0 spiro atoms. The third kappa shape index (κ3) is 5.04. The molecule has 160 valence electrons. The molecule has 29 heavy (non-hydrogen) atoms. The van der Waals surface area contributed by atoms with E-state index in [2.05, 4.69) is 18.8 Å². The molecule has 1 amide bonds. The third-order valence-electron chi connectivity index (χ3n) is 5.61. The van der Waals surface area contributed by atoms with E-state index in [1.165, 1.54) is 0 Å². The zero-order chi connectivity index (χ0) is 21.6. The molecule has 0 radical (unpaired) electrons. The molecule has 6 heteroatoms. The second-order valence-corrected chi connectivity index (χ2v) is 8.08. The summed E-state index contributed by atoms with van der Waals surface area (Å²) in [5, 5.41) is 0. The first-order valence-corrected chi connectivity index (χ1v) is 10.9. The van der Waals surface area contributed by atoms with Crippen molar-refractivity contribution in [3.05, 3.63) is 30.1 Å². The van der Waals surface area contributed by atoms with Crippen LogP contribution >= 0.6 is 0 Å². The van der Waals surface area contributed by atoms with Gasteiger partial charge in [0.2, 0.25) is 5.91 Å². The normalized spacial score (nSPS) is 13.6. The van der Waals surface area contributed by atoms with Crippen molar-refractivity contribution in [2.24, 2.45) is 11.7 Å². The average Bonchev–Trinajstić information content (AvgIpc) is 3.09. The van der Waals surface area contributed by atoms with E-state index in [1.54, 1.807) is 9.47 Å². The van der Waals surface area contributed by atoms with Crippen molar-refractivity contribution in [2.45, 2.75) is 85.4 Å². The Labute approximate surface area is 174 Å². The predicted molar refractivity (Wildman–Crippen MR) is 118 cm³/mol. The van der Waals surface area contributed by atoms with Crippen molar-refractivity contribution >= 4 is 22.8 Å². The zero-order valence-electron chi connectivity index (χ0n) is 18.5. The Morgan fingerprint density at radius 1 is 1.14 bits per heavy atom. The van der Waals surface area contributed by atoms with Crippen LogP contribution in [0.1, 0.15) is 77.3 Å². The Morgan fingerprint density at radius 3 is 2.41 bits per heavy atom. The standard InChI is InChI=1S/C23H36N4O2/c1-6-8-9-14-21(28)26(16(3)4)22(17(5)7-2)23(29)27-19-13-11-10-12-18(19)25-20(27)15-24/h10-13,16-17,22H,6-9,14-15,24H2,1-5H3/t17?,22-/m0/s1. The topological polar surface area (TPSA) is 81.2 Å². The summed E-state index contributed by atoms with van der Waals surface area (Å²) in [5.41, 5.74) is 7.41. The highest BCUT2D eigenvalue weighted by atomic mass is 16.2. The number of para-hydroxylation sites is 2. The number of hydrogen-bond acceptors (Lipinski definition) is 4. The van der Waals surface area contributed by atoms with Crippen LogP contribution in [0.5, 0.6) is 0 Å². The molecule has 0 aliphatic carbocycles. The lowest BCUT2D eigenvalue weighted by molar-refractivity contribution is -0.136. The summed E-state index contributed by atoms with van der Waals surface area (Å²) in [5.74, 6) is 0.482. The van der Waals surface area contributed by atoms with Gasteiger partial charge in [0, 0.05) is 12.5 Å². The Morgan fingerprint density at radius 2 is 1.83 bits per heavy atom. The monoisotopic (exact) mass is 400 g/mol. The van der Waals surface area contributed by atoms with E-state index >= 15 is 0 Å². The van der Waals surface area contributed by atoms with E-state index in [4.69, 9.17) is 5.73 Å². The Hall–Kier alpha value is -2.21. The molecule has 2 N–H and O–H groups in total. The Kier molecular flexibility index (Phi) is 8.38. The molecular weight excluding hydrogens is 364 g/mol. The lowest BCUT2D eigenvalue weighted by Gasteiger charge is -2.37. The fraction of sp³-hybridized carbons (Fsp3) is 0.609. The van der Waals surface area contributed by atoms with Crippen molar-refractivity contribution in [3.63, 3.8) is 0 Å². The van der Waals surface area contributed by atoms with Gasteiger partial charge in [-0.15, -0.1) is 0 Å². The molecule has 1 heterocycles. The van der Waals surface area contributed by atoms with Crippen LogP contribution in [0.3, 0.4) is 0 Å². The number of carbonyl (C=O) groups excluding carboxylic acids is 2. The molecule has 0 fully saturated rings. The van der Waals surface area contributed by atoms with E-state index in [1.807, 2.05) is 45.0 Å². The minimum Gasteiger partial charge on any atom is -0.328 e. The number of rotatable bonds is 10. The average molecular weight is 401 g/mol. The van der Waals surface area contributed by atoms with Crippen LogP contribution in [0.4, 0.5) is 0 Å². The molecule has 1 unspecified atom stereocenters. The molecule has 0 saturated heterocycles. The van der Waals surface area contributed by atoms with Crippen LogP contribution in [-0.4, -0.2) is 38.3 Å². The minimum absolute atomic E-state index is 0.0202. The van der Waals surface area contributed by atoms with Crippen LogP contribution in [0.2, 0.25) is 0 Å². The summed E-state index contributed by atoms with van der Waals surface area (Å²) in [7, 11) is 0. The van der Waals surface area contributed by atoms with Gasteiger partial charge in [-0.2, -0.15) is 0 Å². The molecule has 0 bridgehead atoms. The highest BCUT2D eigenvalue weighted by molar-refractivity contribution is 5.96. The van der Waals surface area contributed by atoms with Gasteiger partial charge in [0.15, 0.2) is 0 Å². The van der Waals surface area contributed by atoms with Gasteiger partial charge < -0.3 is 10.6 Å². The van der Waals surface area contributed by atoms with Crippen molar-refractivity contribution < 1.29 is 9.59 Å². The maximum absolute atomic E-state index is 13.9. The fourth-order valence-electron chi connectivity index (χ4n) is 3.87. The molecule has 2 aromatic rings. The SMILES string of the molecule is CCCCCC(=O)N(C(C)C)[C@H](C(=O)n1c(CN)nc2ccccc21)C(C)CC. The van der Waals surface area contributed by atoms with E-state index in [9.17, 15) is 9.59 Å². The van der Waals surface area contributed by atoms with Crippen LogP contribution in [0, 0.1) is 5.92 Å². The van der Waals surface area contributed by atoms with E-state index in [0.29, 0.717) is 12.2 Å². The maximum Gasteiger partial charge on any atom is 0.255 e. The summed E-state index contributed by atoms with van der Waals surface area (Å²) >= 11 is 0. The number of carbonyl (C=O) groups is 2. The smallest absolute Gasteiger partial charge is 0.255 e. The van der Waals surface area contributed by atoms with Gasteiger partial charge in [-0.1, -0.05) is 52.2 Å². The molecule has 0 aliphatic heterocycles. The van der Waals surface area contributed by atoms with Crippen molar-refractivity contribution in [1.82, 2.24) is 14.5 Å². The minimum atomic E-state index is -0.544.